The molecule has 27 heavy (non-hydrogen) atoms. The lowest BCUT2D eigenvalue weighted by atomic mass is 10.0. The number of hydrogen-bond donors (Lipinski definition) is 1. The Kier molecular flexibility index (Phi) is 7.05. The fourth-order valence-corrected chi connectivity index (χ4v) is 2.73. The van der Waals surface area contributed by atoms with Gasteiger partial charge in [0.25, 0.3) is 11.6 Å². The van der Waals surface area contributed by atoms with E-state index in [0.29, 0.717) is 5.56 Å². The van der Waals surface area contributed by atoms with Crippen LogP contribution in [0.1, 0.15) is 47.3 Å². The van der Waals surface area contributed by atoms with E-state index in [4.69, 9.17) is 4.74 Å². The quantitative estimate of drug-likeness (QED) is 0.434. The van der Waals surface area contributed by atoms with Gasteiger partial charge in [0.2, 0.25) is 0 Å². The molecule has 0 bridgehead atoms. The molecule has 0 heterocycles. The summed E-state index contributed by atoms with van der Waals surface area (Å²) in [6, 6.07) is 13.4. The summed E-state index contributed by atoms with van der Waals surface area (Å²) in [5.41, 5.74) is 1.43. The van der Waals surface area contributed by atoms with Gasteiger partial charge in [-0.15, -0.1) is 0 Å². The molecule has 0 saturated carbocycles. The van der Waals surface area contributed by atoms with Crippen molar-refractivity contribution in [2.75, 3.05) is 6.61 Å². The van der Waals surface area contributed by atoms with Crippen molar-refractivity contribution in [1.82, 2.24) is 5.32 Å². The zero-order chi connectivity index (χ0) is 19.8. The molecule has 142 valence electrons. The Labute approximate surface area is 157 Å². The first-order valence-electron chi connectivity index (χ1n) is 8.68. The van der Waals surface area contributed by atoms with Gasteiger partial charge in [-0.1, -0.05) is 43.7 Å². The van der Waals surface area contributed by atoms with Crippen LogP contribution in [0.15, 0.2) is 48.5 Å². The highest BCUT2D eigenvalue weighted by Gasteiger charge is 2.17. The second kappa shape index (κ2) is 9.47. The molecular weight excluding hydrogens is 348 g/mol. The molecule has 2 aromatic carbocycles. The second-order valence-corrected chi connectivity index (χ2v) is 6.15. The molecule has 0 fully saturated rings. The van der Waals surface area contributed by atoms with Gasteiger partial charge in [-0.2, -0.15) is 0 Å². The average molecular weight is 370 g/mol. The Morgan fingerprint density at radius 1 is 1.19 bits per heavy atom. The fraction of sp³-hybridized carbons (Fsp3) is 0.300. The Balaban J connectivity index is 1.95. The summed E-state index contributed by atoms with van der Waals surface area (Å²) in [5, 5.41) is 13.7. The topological polar surface area (TPSA) is 98.5 Å². The minimum Gasteiger partial charge on any atom is -0.452 e. The number of aryl methyl sites for hydroxylation is 1. The summed E-state index contributed by atoms with van der Waals surface area (Å²) in [5.74, 6) is -1.10. The first kappa shape index (κ1) is 20.1. The number of nitrogens with zero attached hydrogens (tertiary/aromatic N) is 1. The van der Waals surface area contributed by atoms with Crippen molar-refractivity contribution < 1.29 is 19.2 Å². The molecule has 0 aliphatic rings. The number of nitro groups is 1. The summed E-state index contributed by atoms with van der Waals surface area (Å²) < 4.78 is 5.04. The van der Waals surface area contributed by atoms with Crippen LogP contribution >= 0.6 is 0 Å². The predicted molar refractivity (Wildman–Crippen MR) is 100 cm³/mol. The molecule has 1 unspecified atom stereocenters. The normalized spacial score (nSPS) is 11.5. The van der Waals surface area contributed by atoms with Crippen molar-refractivity contribution in [2.45, 2.75) is 32.7 Å². The van der Waals surface area contributed by atoms with E-state index in [0.717, 1.165) is 18.4 Å². The van der Waals surface area contributed by atoms with Crippen molar-refractivity contribution in [2.24, 2.45) is 0 Å². The molecule has 0 aliphatic heterocycles. The summed E-state index contributed by atoms with van der Waals surface area (Å²) >= 11 is 0. The third kappa shape index (κ3) is 5.64. The average Bonchev–Trinajstić information content (AvgIpc) is 2.66. The maximum absolute atomic E-state index is 12.2. The third-order valence-electron chi connectivity index (χ3n) is 4.08. The Hall–Kier alpha value is -3.22. The van der Waals surface area contributed by atoms with Crippen LogP contribution in [0, 0.1) is 17.0 Å². The molecule has 1 N–H and O–H groups in total. The van der Waals surface area contributed by atoms with Gasteiger partial charge < -0.3 is 10.1 Å². The minimum absolute atomic E-state index is 0.0745. The standard InChI is InChI=1S/C20H22N2O5/c1-3-7-17(15-8-5-4-6-9-15)21-19(23)13-27-20(24)16-10-11-18(22(25)26)14(2)12-16/h4-6,8-12,17H,3,7,13H2,1-2H3,(H,21,23). The van der Waals surface area contributed by atoms with E-state index < -0.39 is 23.4 Å². The lowest BCUT2D eigenvalue weighted by Crippen LogP contribution is -2.32. The molecule has 0 saturated heterocycles. The Morgan fingerprint density at radius 3 is 2.48 bits per heavy atom. The second-order valence-electron chi connectivity index (χ2n) is 6.15. The molecular formula is C20H22N2O5. The van der Waals surface area contributed by atoms with Crippen LogP contribution in [-0.2, 0) is 9.53 Å². The molecule has 7 nitrogen and oxygen atoms in total. The number of esters is 1. The number of amides is 1. The molecule has 0 spiro atoms. The summed E-state index contributed by atoms with van der Waals surface area (Å²) in [6.45, 7) is 3.15. The third-order valence-corrected chi connectivity index (χ3v) is 4.08. The van der Waals surface area contributed by atoms with Gasteiger partial charge in [-0.05, 0) is 31.0 Å². The number of carbonyl (C=O) groups excluding carboxylic acids is 2. The Morgan fingerprint density at radius 2 is 1.89 bits per heavy atom. The summed E-state index contributed by atoms with van der Waals surface area (Å²) in [6.07, 6.45) is 1.66. The van der Waals surface area contributed by atoms with Crippen LogP contribution in [0.3, 0.4) is 0 Å². The zero-order valence-corrected chi connectivity index (χ0v) is 15.3. The van der Waals surface area contributed by atoms with E-state index in [9.17, 15) is 19.7 Å². The van der Waals surface area contributed by atoms with Crippen LogP contribution in [0.5, 0.6) is 0 Å². The number of nitrogens with one attached hydrogen (secondary N) is 1. The first-order valence-corrected chi connectivity index (χ1v) is 8.68. The van der Waals surface area contributed by atoms with Gasteiger partial charge in [0.1, 0.15) is 0 Å². The van der Waals surface area contributed by atoms with Gasteiger partial charge in [0.15, 0.2) is 6.61 Å². The van der Waals surface area contributed by atoms with Crippen molar-refractivity contribution in [1.29, 1.82) is 0 Å². The van der Waals surface area contributed by atoms with Crippen LogP contribution in [0.4, 0.5) is 5.69 Å². The number of benzene rings is 2. The minimum atomic E-state index is -0.699. The maximum atomic E-state index is 12.2. The highest BCUT2D eigenvalue weighted by molar-refractivity contribution is 5.91. The van der Waals surface area contributed by atoms with Gasteiger partial charge >= 0.3 is 5.97 Å². The molecule has 0 aliphatic carbocycles. The molecule has 2 rings (SSSR count). The molecule has 7 heteroatoms. The first-order chi connectivity index (χ1) is 12.9. The highest BCUT2D eigenvalue weighted by atomic mass is 16.6. The smallest absolute Gasteiger partial charge is 0.338 e. The molecule has 1 amide bonds. The molecule has 0 radical (unpaired) electrons. The van der Waals surface area contributed by atoms with Gasteiger partial charge in [-0.25, -0.2) is 4.79 Å². The molecule has 2 aromatic rings. The van der Waals surface area contributed by atoms with Crippen LogP contribution in [0.2, 0.25) is 0 Å². The van der Waals surface area contributed by atoms with Crippen LogP contribution in [-0.4, -0.2) is 23.4 Å². The largest absolute Gasteiger partial charge is 0.452 e. The van der Waals surface area contributed by atoms with Crippen molar-refractivity contribution in [3.8, 4) is 0 Å². The fourth-order valence-electron chi connectivity index (χ4n) is 2.73. The number of nitro benzene ring substituents is 1. The monoisotopic (exact) mass is 370 g/mol. The SMILES string of the molecule is CCCC(NC(=O)COC(=O)c1ccc([N+](=O)[O-])c(C)c1)c1ccccc1. The lowest BCUT2D eigenvalue weighted by molar-refractivity contribution is -0.385. The lowest BCUT2D eigenvalue weighted by Gasteiger charge is -2.18. The van der Waals surface area contributed by atoms with Gasteiger partial charge in [0, 0.05) is 11.6 Å². The molecule has 1 atom stereocenters. The van der Waals surface area contributed by atoms with E-state index in [1.807, 2.05) is 37.3 Å². The maximum Gasteiger partial charge on any atom is 0.338 e. The van der Waals surface area contributed by atoms with Crippen LogP contribution < -0.4 is 5.32 Å². The van der Waals surface area contributed by atoms with Gasteiger partial charge in [0.05, 0.1) is 16.5 Å². The van der Waals surface area contributed by atoms with E-state index in [2.05, 4.69) is 5.32 Å². The van der Waals surface area contributed by atoms with Crippen LogP contribution in [0.25, 0.3) is 0 Å². The van der Waals surface area contributed by atoms with E-state index in [1.165, 1.54) is 25.1 Å². The predicted octanol–water partition coefficient (Wildman–Crippen LogP) is 3.72. The summed E-state index contributed by atoms with van der Waals surface area (Å²) in [4.78, 5) is 34.6. The summed E-state index contributed by atoms with van der Waals surface area (Å²) in [7, 11) is 0. The number of rotatable bonds is 8. The van der Waals surface area contributed by atoms with E-state index in [-0.39, 0.29) is 17.3 Å². The van der Waals surface area contributed by atoms with Crippen molar-refractivity contribution in [3.05, 3.63) is 75.3 Å². The highest BCUT2D eigenvalue weighted by Crippen LogP contribution is 2.20. The Bertz CT molecular complexity index is 820. The number of ether oxygens (including phenoxy) is 1. The van der Waals surface area contributed by atoms with Gasteiger partial charge in [-0.3, -0.25) is 14.9 Å². The number of carbonyl (C=O) groups is 2. The zero-order valence-electron chi connectivity index (χ0n) is 15.3. The van der Waals surface area contributed by atoms with E-state index >= 15 is 0 Å². The van der Waals surface area contributed by atoms with E-state index in [1.54, 1.807) is 0 Å². The van der Waals surface area contributed by atoms with Crippen molar-refractivity contribution >= 4 is 17.6 Å². The molecule has 0 aromatic heterocycles. The van der Waals surface area contributed by atoms with Crippen molar-refractivity contribution in [3.63, 3.8) is 0 Å². The number of hydrogen-bond acceptors (Lipinski definition) is 5.